The monoisotopic (exact) mass is 364 g/mol. The second-order valence-corrected chi connectivity index (χ2v) is 7.81. The van der Waals surface area contributed by atoms with E-state index in [0.717, 1.165) is 46.4 Å². The zero-order valence-corrected chi connectivity index (χ0v) is 16.2. The van der Waals surface area contributed by atoms with Crippen LogP contribution < -0.4 is 5.73 Å². The van der Waals surface area contributed by atoms with Crippen molar-refractivity contribution in [3.63, 3.8) is 0 Å². The van der Waals surface area contributed by atoms with Crippen LogP contribution in [0.2, 0.25) is 0 Å². The molecule has 6 nitrogen and oxygen atoms in total. The number of hydrogen-bond acceptors (Lipinski definition) is 5. The molecule has 3 aromatic heterocycles. The number of rotatable bonds is 5. The van der Waals surface area contributed by atoms with Crippen molar-refractivity contribution in [1.29, 1.82) is 0 Å². The number of aryl methyl sites for hydroxylation is 3. The van der Waals surface area contributed by atoms with E-state index in [2.05, 4.69) is 15.1 Å². The topological polar surface area (TPSA) is 82.5 Å². The van der Waals surface area contributed by atoms with Crippen LogP contribution >= 0.6 is 0 Å². The lowest BCUT2D eigenvalue weighted by Gasteiger charge is -2.28. The summed E-state index contributed by atoms with van der Waals surface area (Å²) in [6.45, 7) is 2.02. The second kappa shape index (κ2) is 7.72. The van der Waals surface area contributed by atoms with E-state index in [4.69, 9.17) is 10.7 Å². The van der Waals surface area contributed by atoms with Gasteiger partial charge in [0.1, 0.15) is 5.82 Å². The van der Waals surface area contributed by atoms with Gasteiger partial charge in [0.05, 0.1) is 11.2 Å². The average molecular weight is 364 g/mol. The smallest absolute Gasteiger partial charge is 0.129 e. The van der Waals surface area contributed by atoms with Crippen molar-refractivity contribution >= 4 is 10.9 Å². The Hall–Kier alpha value is -2.34. The van der Waals surface area contributed by atoms with Gasteiger partial charge in [0, 0.05) is 60.8 Å². The highest BCUT2D eigenvalue weighted by Crippen LogP contribution is 2.29. The highest BCUT2D eigenvalue weighted by atomic mass is 15.2. The summed E-state index contributed by atoms with van der Waals surface area (Å²) >= 11 is 0. The molecule has 6 heteroatoms. The molecule has 3 heterocycles. The third-order valence-corrected chi connectivity index (χ3v) is 5.79. The van der Waals surface area contributed by atoms with Gasteiger partial charge < -0.3 is 5.73 Å². The Morgan fingerprint density at radius 3 is 2.78 bits per heavy atom. The molecule has 27 heavy (non-hydrogen) atoms. The van der Waals surface area contributed by atoms with Gasteiger partial charge in [0.2, 0.25) is 0 Å². The zero-order valence-electron chi connectivity index (χ0n) is 16.2. The van der Waals surface area contributed by atoms with Crippen LogP contribution in [0, 0.1) is 12.8 Å². The molecule has 4 rings (SSSR count). The van der Waals surface area contributed by atoms with Crippen LogP contribution in [0.4, 0.5) is 0 Å². The lowest BCUT2D eigenvalue weighted by molar-refractivity contribution is 0.286. The summed E-state index contributed by atoms with van der Waals surface area (Å²) in [6, 6.07) is 0.377. The molecule has 0 saturated heterocycles. The number of nitrogens with two attached hydrogens (primary N) is 1. The Kier molecular flexibility index (Phi) is 5.16. The van der Waals surface area contributed by atoms with Crippen LogP contribution in [0.25, 0.3) is 22.0 Å². The van der Waals surface area contributed by atoms with E-state index in [1.165, 1.54) is 32.1 Å². The highest BCUT2D eigenvalue weighted by molar-refractivity contribution is 5.92. The number of hydrogen-bond donors (Lipinski definition) is 1. The van der Waals surface area contributed by atoms with E-state index in [-0.39, 0.29) is 0 Å². The van der Waals surface area contributed by atoms with Crippen molar-refractivity contribution in [3.8, 4) is 11.1 Å². The molecule has 1 fully saturated rings. The molecule has 142 valence electrons. The van der Waals surface area contributed by atoms with Crippen molar-refractivity contribution in [2.24, 2.45) is 18.7 Å². The molecule has 0 radical (unpaired) electrons. The van der Waals surface area contributed by atoms with Crippen molar-refractivity contribution < 1.29 is 0 Å². The molecular weight excluding hydrogens is 336 g/mol. The van der Waals surface area contributed by atoms with Crippen molar-refractivity contribution in [3.05, 3.63) is 36.3 Å². The van der Waals surface area contributed by atoms with E-state index in [0.29, 0.717) is 12.0 Å². The predicted molar refractivity (Wildman–Crippen MR) is 107 cm³/mol. The average Bonchev–Trinajstić information content (AvgIpc) is 3.00. The van der Waals surface area contributed by atoms with Crippen LogP contribution in [0.15, 0.2) is 24.8 Å². The van der Waals surface area contributed by atoms with Gasteiger partial charge in [0.15, 0.2) is 0 Å². The summed E-state index contributed by atoms with van der Waals surface area (Å²) < 4.78 is 1.83. The van der Waals surface area contributed by atoms with E-state index in [1.807, 2.05) is 43.4 Å². The molecule has 0 aliphatic heterocycles. The number of fused-ring (bicyclic) bond motifs is 1. The number of aromatic nitrogens is 5. The molecule has 1 aliphatic rings. The van der Waals surface area contributed by atoms with Gasteiger partial charge in [-0.25, -0.2) is 9.97 Å². The van der Waals surface area contributed by atoms with E-state index in [1.54, 1.807) is 0 Å². The third kappa shape index (κ3) is 3.86. The fraction of sp³-hybridized carbons (Fsp3) is 0.524. The summed E-state index contributed by atoms with van der Waals surface area (Å²) in [7, 11) is 1.94. The summed E-state index contributed by atoms with van der Waals surface area (Å²) in [6.07, 6.45) is 15.9. The maximum absolute atomic E-state index is 6.29. The molecule has 2 unspecified atom stereocenters. The molecule has 1 aliphatic carbocycles. The van der Waals surface area contributed by atoms with Gasteiger partial charge in [-0.2, -0.15) is 5.10 Å². The molecule has 0 bridgehead atoms. The maximum atomic E-state index is 6.29. The minimum atomic E-state index is 0.377. The van der Waals surface area contributed by atoms with Gasteiger partial charge in [-0.05, 0) is 38.5 Å². The Bertz CT molecular complexity index is 932. The van der Waals surface area contributed by atoms with Crippen molar-refractivity contribution in [2.45, 2.75) is 57.9 Å². The summed E-state index contributed by atoms with van der Waals surface area (Å²) in [4.78, 5) is 13.8. The lowest BCUT2D eigenvalue weighted by atomic mass is 9.82. The first-order valence-electron chi connectivity index (χ1n) is 9.97. The van der Waals surface area contributed by atoms with Crippen LogP contribution in [0.1, 0.15) is 50.0 Å². The molecule has 1 saturated carbocycles. The van der Waals surface area contributed by atoms with Gasteiger partial charge in [-0.1, -0.05) is 12.8 Å². The van der Waals surface area contributed by atoms with E-state index >= 15 is 0 Å². The highest BCUT2D eigenvalue weighted by Gasteiger charge is 2.21. The minimum Gasteiger partial charge on any atom is -0.327 e. The van der Waals surface area contributed by atoms with Crippen LogP contribution in [0.3, 0.4) is 0 Å². The maximum Gasteiger partial charge on any atom is 0.129 e. The van der Waals surface area contributed by atoms with Gasteiger partial charge in [-0.3, -0.25) is 9.67 Å². The van der Waals surface area contributed by atoms with Gasteiger partial charge >= 0.3 is 0 Å². The second-order valence-electron chi connectivity index (χ2n) is 7.81. The fourth-order valence-corrected chi connectivity index (χ4v) is 4.29. The van der Waals surface area contributed by atoms with Crippen LogP contribution in [-0.2, 0) is 13.5 Å². The zero-order chi connectivity index (χ0) is 18.8. The molecular formula is C21H28N6. The Morgan fingerprint density at radius 2 is 2.00 bits per heavy atom. The van der Waals surface area contributed by atoms with E-state index < -0.39 is 0 Å². The first-order valence-corrected chi connectivity index (χ1v) is 9.97. The molecule has 0 amide bonds. The quantitative estimate of drug-likeness (QED) is 0.748. The van der Waals surface area contributed by atoms with Crippen molar-refractivity contribution in [1.82, 2.24) is 24.7 Å². The SMILES string of the molecule is Cc1nn(C)cc1-c1cncc2cnc(CCCC3CCCCC3N)nc12. The largest absolute Gasteiger partial charge is 0.327 e. The molecule has 0 aromatic carbocycles. The normalized spacial score (nSPS) is 20.3. The summed E-state index contributed by atoms with van der Waals surface area (Å²) in [5.74, 6) is 1.57. The molecule has 0 spiro atoms. The Morgan fingerprint density at radius 1 is 1.15 bits per heavy atom. The first kappa shape index (κ1) is 18.0. The van der Waals surface area contributed by atoms with Crippen LogP contribution in [-0.4, -0.2) is 30.8 Å². The van der Waals surface area contributed by atoms with Gasteiger partial charge in [0.25, 0.3) is 0 Å². The summed E-state index contributed by atoms with van der Waals surface area (Å²) in [5.41, 5.74) is 10.3. The first-order chi connectivity index (χ1) is 13.1. The summed E-state index contributed by atoms with van der Waals surface area (Å²) in [5, 5.41) is 5.43. The van der Waals surface area contributed by atoms with Crippen molar-refractivity contribution in [2.75, 3.05) is 0 Å². The predicted octanol–water partition coefficient (Wildman–Crippen LogP) is 3.57. The standard InChI is InChI=1S/C21H28N6/c1-14-18(13-27(2)26-14)17-12-23-10-16-11-24-20(25-21(16)17)9-5-7-15-6-3-4-8-19(15)22/h10-13,15,19H,3-9,22H2,1-2H3. The number of nitrogens with zero attached hydrogens (tertiary/aromatic N) is 5. The van der Waals surface area contributed by atoms with Crippen LogP contribution in [0.5, 0.6) is 0 Å². The Balaban J connectivity index is 1.54. The molecule has 3 aromatic rings. The van der Waals surface area contributed by atoms with E-state index in [9.17, 15) is 0 Å². The molecule has 2 atom stereocenters. The molecule has 2 N–H and O–H groups in total. The fourth-order valence-electron chi connectivity index (χ4n) is 4.29. The minimum absolute atomic E-state index is 0.377. The number of pyridine rings is 1. The van der Waals surface area contributed by atoms with Gasteiger partial charge in [-0.15, -0.1) is 0 Å². The third-order valence-electron chi connectivity index (χ3n) is 5.79. The lowest BCUT2D eigenvalue weighted by Crippen LogP contribution is -2.33. The Labute approximate surface area is 160 Å².